The lowest BCUT2D eigenvalue weighted by molar-refractivity contribution is 0.0972. The second-order valence-corrected chi connectivity index (χ2v) is 21.8. The standard InChI is InChI=1S/C21H20Cl2N2O2.C20H18Cl2N2O2.C19H16Cl2N2O2/c1-21(2,3)14-6-4-13(5-7-14)18-11-16(27-25-18)8-9-19(26)17-10-15(22)12-24-20(17)23;1-11-6-12(2)19(13(3)7-11)17-9-15(26-24-17)4-5-18(25)16-8-14(21)10-23-20(16)22;1-2-12-3-5-13(6-4-12)17-10-15(25-23-17)7-8-18(24)16-9-14(20)11-22-19(16)21/h4-7,10-12H,8-9H2,1-3H3;6-10H,4-5H2,1-3H3;3-6,9-11H,2,7-8H2,1H3. The topological polar surface area (TPSA) is 168 Å². The van der Waals surface area contributed by atoms with Crippen molar-refractivity contribution >= 4 is 87.0 Å². The lowest BCUT2D eigenvalue weighted by Gasteiger charge is -2.18. The van der Waals surface area contributed by atoms with E-state index >= 15 is 0 Å². The molecule has 0 aliphatic carbocycles. The number of nitrogens with zero attached hydrogens (tertiary/aromatic N) is 6. The fourth-order valence-electron chi connectivity index (χ4n) is 8.29. The molecule has 6 heterocycles. The summed E-state index contributed by atoms with van der Waals surface area (Å²) in [6.45, 7) is 14.8. The summed E-state index contributed by atoms with van der Waals surface area (Å²) in [5.41, 5.74) is 12.4. The highest BCUT2D eigenvalue weighted by molar-refractivity contribution is 6.36. The Morgan fingerprint density at radius 2 is 0.821 bits per heavy atom. The molecule has 0 radical (unpaired) electrons. The van der Waals surface area contributed by atoms with Crippen LogP contribution in [0.3, 0.4) is 0 Å². The Hall–Kier alpha value is -6.51. The molecule has 402 valence electrons. The molecule has 0 aliphatic rings. The van der Waals surface area contributed by atoms with E-state index in [2.05, 4.69) is 115 Å². The van der Waals surface area contributed by atoms with Gasteiger partial charge in [-0.1, -0.05) is 179 Å². The molecule has 0 N–H and O–H groups in total. The lowest BCUT2D eigenvalue weighted by atomic mass is 9.86. The molecule has 6 aromatic heterocycles. The van der Waals surface area contributed by atoms with Crippen molar-refractivity contribution in [3.05, 3.63) is 208 Å². The number of benzene rings is 3. The van der Waals surface area contributed by atoms with E-state index in [0.29, 0.717) is 68.3 Å². The first kappa shape index (κ1) is 59.2. The Kier molecular flexibility index (Phi) is 20.4. The van der Waals surface area contributed by atoms with E-state index in [4.69, 9.17) is 83.2 Å². The number of halogens is 6. The quantitative estimate of drug-likeness (QED) is 0.0664. The lowest BCUT2D eigenvalue weighted by Crippen LogP contribution is -2.10. The number of carbonyl (C=O) groups is 3. The average molecular weight is 1170 g/mol. The molecule has 18 heteroatoms. The minimum atomic E-state index is -0.137. The maximum Gasteiger partial charge on any atom is 0.166 e. The highest BCUT2D eigenvalue weighted by atomic mass is 35.5. The Morgan fingerprint density at radius 1 is 0.474 bits per heavy atom. The molecule has 3 aromatic carbocycles. The smallest absolute Gasteiger partial charge is 0.166 e. The van der Waals surface area contributed by atoms with Crippen LogP contribution in [-0.4, -0.2) is 47.8 Å². The molecule has 0 atom stereocenters. The van der Waals surface area contributed by atoms with Gasteiger partial charge in [0, 0.05) is 92.0 Å². The highest BCUT2D eigenvalue weighted by Crippen LogP contribution is 2.31. The van der Waals surface area contributed by atoms with Crippen molar-refractivity contribution in [2.45, 2.75) is 98.8 Å². The molecule has 0 spiro atoms. The van der Waals surface area contributed by atoms with Crippen molar-refractivity contribution in [3.8, 4) is 33.8 Å². The number of pyridine rings is 3. The molecule has 0 aliphatic heterocycles. The van der Waals surface area contributed by atoms with Gasteiger partial charge in [-0.3, -0.25) is 14.4 Å². The summed E-state index contributed by atoms with van der Waals surface area (Å²) in [6, 6.07) is 30.9. The fraction of sp³-hybridized carbons (Fsp3) is 0.250. The first-order valence-corrected chi connectivity index (χ1v) is 27.1. The van der Waals surface area contributed by atoms with Gasteiger partial charge in [-0.2, -0.15) is 0 Å². The summed E-state index contributed by atoms with van der Waals surface area (Å²) in [7, 11) is 0. The Balaban J connectivity index is 0.000000170. The zero-order valence-corrected chi connectivity index (χ0v) is 48.4. The van der Waals surface area contributed by atoms with Gasteiger partial charge in [0.1, 0.15) is 49.8 Å². The summed E-state index contributed by atoms with van der Waals surface area (Å²) in [5, 5.41) is 14.0. The van der Waals surface area contributed by atoms with Crippen molar-refractivity contribution in [1.82, 2.24) is 30.4 Å². The van der Waals surface area contributed by atoms with Gasteiger partial charge in [-0.15, -0.1) is 0 Å². The van der Waals surface area contributed by atoms with Gasteiger partial charge < -0.3 is 13.6 Å². The van der Waals surface area contributed by atoms with E-state index in [1.165, 1.54) is 53.5 Å². The van der Waals surface area contributed by atoms with Crippen molar-refractivity contribution in [1.29, 1.82) is 0 Å². The summed E-state index contributed by atoms with van der Waals surface area (Å²) in [4.78, 5) is 48.7. The normalized spacial score (nSPS) is 11.1. The molecule has 0 bridgehead atoms. The molecule has 0 amide bonds. The number of aromatic nitrogens is 6. The van der Waals surface area contributed by atoms with Gasteiger partial charge in [0.2, 0.25) is 0 Å². The Morgan fingerprint density at radius 3 is 1.18 bits per heavy atom. The maximum atomic E-state index is 12.4. The van der Waals surface area contributed by atoms with E-state index in [1.807, 2.05) is 42.5 Å². The number of Topliss-reactive ketones (excluding diaryl/α,β-unsaturated/α-hetero) is 3. The molecule has 12 nitrogen and oxygen atoms in total. The van der Waals surface area contributed by atoms with Gasteiger partial charge in [0.15, 0.2) is 17.3 Å². The number of carbonyl (C=O) groups excluding carboxylic acids is 3. The van der Waals surface area contributed by atoms with Gasteiger partial charge in [0.05, 0.1) is 31.8 Å². The summed E-state index contributed by atoms with van der Waals surface area (Å²) < 4.78 is 16.1. The molecule has 9 aromatic rings. The van der Waals surface area contributed by atoms with Crippen molar-refractivity contribution in [3.63, 3.8) is 0 Å². The van der Waals surface area contributed by atoms with E-state index < -0.39 is 0 Å². The predicted molar refractivity (Wildman–Crippen MR) is 309 cm³/mol. The zero-order valence-electron chi connectivity index (χ0n) is 43.8. The SMILES string of the molecule is CC(C)(C)c1ccc(-c2cc(CCC(=O)c3cc(Cl)cnc3Cl)on2)cc1.CCc1ccc(-c2cc(CCC(=O)c3cc(Cl)cnc3Cl)on2)cc1.Cc1cc(C)c(-c2cc(CCC(=O)c3cc(Cl)cnc3Cl)on2)c(C)c1. The summed E-state index contributed by atoms with van der Waals surface area (Å²) >= 11 is 35.6. The minimum Gasteiger partial charge on any atom is -0.361 e. The monoisotopic (exact) mass is 1160 g/mol. The van der Waals surface area contributed by atoms with Gasteiger partial charge >= 0.3 is 0 Å². The number of rotatable bonds is 16. The third-order valence-electron chi connectivity index (χ3n) is 12.4. The zero-order chi connectivity index (χ0) is 56.3. The van der Waals surface area contributed by atoms with Gasteiger partial charge in [-0.05, 0) is 73.1 Å². The molecule has 9 rings (SSSR count). The van der Waals surface area contributed by atoms with Crippen molar-refractivity contribution < 1.29 is 28.0 Å². The van der Waals surface area contributed by atoms with Gasteiger partial charge in [0.25, 0.3) is 0 Å². The Bertz CT molecular complexity index is 3540. The molecule has 0 saturated heterocycles. The molecular formula is C60H54Cl6N6O6. The molecule has 0 unspecified atom stereocenters. The van der Waals surface area contributed by atoms with Crippen LogP contribution in [0.15, 0.2) is 129 Å². The second kappa shape index (κ2) is 26.9. The molecule has 0 saturated carbocycles. The number of ketones is 3. The van der Waals surface area contributed by atoms with Crippen LogP contribution in [0.4, 0.5) is 0 Å². The number of hydrogen-bond donors (Lipinski definition) is 0. The maximum absolute atomic E-state index is 12.4. The second-order valence-electron chi connectivity index (χ2n) is 19.4. The minimum absolute atomic E-state index is 0.102. The van der Waals surface area contributed by atoms with E-state index in [0.717, 1.165) is 51.3 Å². The predicted octanol–water partition coefficient (Wildman–Crippen LogP) is 17.4. The van der Waals surface area contributed by atoms with E-state index in [9.17, 15) is 14.4 Å². The van der Waals surface area contributed by atoms with Gasteiger partial charge in [-0.25, -0.2) is 15.0 Å². The van der Waals surface area contributed by atoms with Crippen molar-refractivity contribution in [2.24, 2.45) is 0 Å². The van der Waals surface area contributed by atoms with Crippen LogP contribution in [0.2, 0.25) is 30.5 Å². The largest absolute Gasteiger partial charge is 0.361 e. The average Bonchev–Trinajstić information content (AvgIpc) is 4.23. The first-order chi connectivity index (χ1) is 37.1. The highest BCUT2D eigenvalue weighted by Gasteiger charge is 2.19. The molecular weight excluding hydrogens is 1110 g/mol. The van der Waals surface area contributed by atoms with E-state index in [1.54, 1.807) is 0 Å². The van der Waals surface area contributed by atoms with Crippen LogP contribution in [0.5, 0.6) is 0 Å². The molecule has 78 heavy (non-hydrogen) atoms. The first-order valence-electron chi connectivity index (χ1n) is 24.8. The van der Waals surface area contributed by atoms with Crippen LogP contribution in [0, 0.1) is 20.8 Å². The number of hydrogen-bond acceptors (Lipinski definition) is 12. The van der Waals surface area contributed by atoms with E-state index in [-0.39, 0.29) is 57.5 Å². The third kappa shape index (κ3) is 16.1. The van der Waals surface area contributed by atoms with Crippen LogP contribution in [-0.2, 0) is 31.1 Å². The molecule has 0 fully saturated rings. The number of aryl methyl sites for hydroxylation is 7. The van der Waals surface area contributed by atoms with Crippen LogP contribution in [0.25, 0.3) is 33.8 Å². The van der Waals surface area contributed by atoms with Crippen LogP contribution in [0.1, 0.15) is 123 Å². The summed E-state index contributed by atoms with van der Waals surface area (Å²) in [6.07, 6.45) is 7.23. The van der Waals surface area contributed by atoms with Crippen LogP contribution >= 0.6 is 69.6 Å². The third-order valence-corrected chi connectivity index (χ3v) is 14.0. The van der Waals surface area contributed by atoms with Crippen LogP contribution < -0.4 is 0 Å². The summed E-state index contributed by atoms with van der Waals surface area (Å²) in [5.74, 6) is 1.54. The Labute approximate surface area is 482 Å². The fourth-order valence-corrected chi connectivity index (χ4v) is 9.39. The van der Waals surface area contributed by atoms with Crippen molar-refractivity contribution in [2.75, 3.05) is 0 Å².